The predicted molar refractivity (Wildman–Crippen MR) is 82.4 cm³/mol. The Morgan fingerprint density at radius 2 is 1.53 bits per heavy atom. The van der Waals surface area contributed by atoms with E-state index in [0.717, 1.165) is 13.1 Å². The Morgan fingerprint density at radius 1 is 1.00 bits per heavy atom. The van der Waals surface area contributed by atoms with Crippen LogP contribution in [0.1, 0.15) is 52.7 Å². The standard InChI is InChI=1S/C17H29NO/c1-7-18(13-17(5,6)19)12-14-8-10-15(11-9-14)16(2,3)4/h8-11,19H,7,12-13H2,1-6H3. The molecule has 1 aromatic rings. The molecule has 0 unspecified atom stereocenters. The van der Waals surface area contributed by atoms with Gasteiger partial charge >= 0.3 is 0 Å². The molecule has 1 aromatic carbocycles. The Hall–Kier alpha value is -0.860. The number of likely N-dealkylation sites (N-methyl/N-ethyl adjacent to an activating group) is 1. The summed E-state index contributed by atoms with van der Waals surface area (Å²) in [5, 5.41) is 9.91. The van der Waals surface area contributed by atoms with E-state index in [1.54, 1.807) is 0 Å². The normalized spacial score (nSPS) is 13.1. The van der Waals surface area contributed by atoms with Gasteiger partial charge in [-0.1, -0.05) is 52.0 Å². The van der Waals surface area contributed by atoms with Gasteiger partial charge in [-0.05, 0) is 36.9 Å². The first-order valence-corrected chi connectivity index (χ1v) is 7.16. The first-order chi connectivity index (χ1) is 8.62. The van der Waals surface area contributed by atoms with Crippen molar-refractivity contribution in [2.75, 3.05) is 13.1 Å². The molecule has 0 atom stereocenters. The lowest BCUT2D eigenvalue weighted by atomic mass is 9.87. The van der Waals surface area contributed by atoms with E-state index in [1.807, 2.05) is 13.8 Å². The van der Waals surface area contributed by atoms with Crippen molar-refractivity contribution in [3.05, 3.63) is 35.4 Å². The molecule has 2 nitrogen and oxygen atoms in total. The van der Waals surface area contributed by atoms with Crippen LogP contribution in [-0.4, -0.2) is 28.7 Å². The van der Waals surface area contributed by atoms with Gasteiger partial charge in [0.2, 0.25) is 0 Å². The first-order valence-electron chi connectivity index (χ1n) is 7.16. The summed E-state index contributed by atoms with van der Waals surface area (Å²) >= 11 is 0. The summed E-state index contributed by atoms with van der Waals surface area (Å²) in [6, 6.07) is 8.84. The van der Waals surface area contributed by atoms with Crippen molar-refractivity contribution >= 4 is 0 Å². The van der Waals surface area contributed by atoms with Gasteiger partial charge in [-0.2, -0.15) is 0 Å². The topological polar surface area (TPSA) is 23.5 Å². The molecule has 2 heteroatoms. The molecule has 0 aromatic heterocycles. The van der Waals surface area contributed by atoms with Crippen molar-refractivity contribution in [1.82, 2.24) is 4.90 Å². The second-order valence-corrected chi connectivity index (χ2v) is 7.06. The van der Waals surface area contributed by atoms with E-state index >= 15 is 0 Å². The summed E-state index contributed by atoms with van der Waals surface area (Å²) in [5.74, 6) is 0. The molecule has 0 saturated heterocycles. The molecule has 0 amide bonds. The molecular formula is C17H29NO. The lowest BCUT2D eigenvalue weighted by Gasteiger charge is -2.28. The number of aliphatic hydroxyl groups is 1. The molecule has 0 heterocycles. The molecule has 0 aliphatic carbocycles. The van der Waals surface area contributed by atoms with Gasteiger partial charge in [0, 0.05) is 13.1 Å². The van der Waals surface area contributed by atoms with Gasteiger partial charge in [0.15, 0.2) is 0 Å². The van der Waals surface area contributed by atoms with Crippen LogP contribution in [0.15, 0.2) is 24.3 Å². The van der Waals surface area contributed by atoms with Crippen LogP contribution in [0.3, 0.4) is 0 Å². The number of rotatable bonds is 5. The van der Waals surface area contributed by atoms with E-state index in [1.165, 1.54) is 11.1 Å². The Balaban J connectivity index is 2.71. The second-order valence-electron chi connectivity index (χ2n) is 7.06. The summed E-state index contributed by atoms with van der Waals surface area (Å²) in [6.07, 6.45) is 0. The van der Waals surface area contributed by atoms with Gasteiger partial charge < -0.3 is 5.11 Å². The number of nitrogens with zero attached hydrogens (tertiary/aromatic N) is 1. The minimum Gasteiger partial charge on any atom is -0.389 e. The highest BCUT2D eigenvalue weighted by atomic mass is 16.3. The SMILES string of the molecule is CCN(Cc1ccc(C(C)(C)C)cc1)CC(C)(C)O. The summed E-state index contributed by atoms with van der Waals surface area (Å²) in [4.78, 5) is 2.27. The van der Waals surface area contributed by atoms with E-state index in [2.05, 4.69) is 56.9 Å². The molecule has 0 fully saturated rings. The zero-order valence-electron chi connectivity index (χ0n) is 13.3. The highest BCUT2D eigenvalue weighted by molar-refractivity contribution is 5.27. The molecule has 1 rings (SSSR count). The van der Waals surface area contributed by atoms with E-state index in [9.17, 15) is 5.11 Å². The third kappa shape index (κ3) is 5.75. The molecule has 0 saturated carbocycles. The molecule has 108 valence electrons. The van der Waals surface area contributed by atoms with E-state index < -0.39 is 5.60 Å². The minimum atomic E-state index is -0.638. The van der Waals surface area contributed by atoms with Gasteiger partial charge in [0.1, 0.15) is 0 Å². The van der Waals surface area contributed by atoms with Crippen molar-refractivity contribution in [1.29, 1.82) is 0 Å². The number of hydrogen-bond donors (Lipinski definition) is 1. The van der Waals surface area contributed by atoms with Gasteiger partial charge in [-0.3, -0.25) is 4.90 Å². The molecular weight excluding hydrogens is 234 g/mol. The highest BCUT2D eigenvalue weighted by Gasteiger charge is 2.18. The van der Waals surface area contributed by atoms with Gasteiger partial charge in [-0.25, -0.2) is 0 Å². The van der Waals surface area contributed by atoms with Gasteiger partial charge in [-0.15, -0.1) is 0 Å². The average molecular weight is 263 g/mol. The van der Waals surface area contributed by atoms with E-state index in [4.69, 9.17) is 0 Å². The number of hydrogen-bond acceptors (Lipinski definition) is 2. The average Bonchev–Trinajstić information content (AvgIpc) is 2.26. The van der Waals surface area contributed by atoms with Crippen LogP contribution >= 0.6 is 0 Å². The van der Waals surface area contributed by atoms with Crippen LogP contribution in [0, 0.1) is 0 Å². The summed E-state index contributed by atoms with van der Waals surface area (Å²) < 4.78 is 0. The third-order valence-electron chi connectivity index (χ3n) is 3.28. The van der Waals surface area contributed by atoms with E-state index in [0.29, 0.717) is 6.54 Å². The van der Waals surface area contributed by atoms with Crippen LogP contribution in [-0.2, 0) is 12.0 Å². The maximum Gasteiger partial charge on any atom is 0.0718 e. The van der Waals surface area contributed by atoms with Gasteiger partial charge in [0.05, 0.1) is 5.60 Å². The quantitative estimate of drug-likeness (QED) is 0.878. The van der Waals surface area contributed by atoms with Crippen molar-refractivity contribution in [3.63, 3.8) is 0 Å². The second kappa shape index (κ2) is 6.06. The molecule has 1 N–H and O–H groups in total. The molecule has 0 aliphatic heterocycles. The van der Waals surface area contributed by atoms with Crippen LogP contribution in [0.2, 0.25) is 0 Å². The maximum atomic E-state index is 9.91. The summed E-state index contributed by atoms with van der Waals surface area (Å²) in [7, 11) is 0. The van der Waals surface area contributed by atoms with Crippen molar-refractivity contribution < 1.29 is 5.11 Å². The zero-order valence-corrected chi connectivity index (χ0v) is 13.3. The van der Waals surface area contributed by atoms with Crippen LogP contribution < -0.4 is 0 Å². The Labute approximate surface area is 118 Å². The van der Waals surface area contributed by atoms with Crippen molar-refractivity contribution in [3.8, 4) is 0 Å². The van der Waals surface area contributed by atoms with E-state index in [-0.39, 0.29) is 5.41 Å². The third-order valence-corrected chi connectivity index (χ3v) is 3.28. The summed E-state index contributed by atoms with van der Waals surface area (Å²) in [6.45, 7) is 15.1. The monoisotopic (exact) mass is 263 g/mol. The Bertz CT molecular complexity index is 381. The Kier molecular flexibility index (Phi) is 5.17. The highest BCUT2D eigenvalue weighted by Crippen LogP contribution is 2.22. The molecule has 19 heavy (non-hydrogen) atoms. The fraction of sp³-hybridized carbons (Fsp3) is 0.647. The predicted octanol–water partition coefficient (Wildman–Crippen LogP) is 3.58. The lowest BCUT2D eigenvalue weighted by molar-refractivity contribution is 0.0353. The van der Waals surface area contributed by atoms with Crippen LogP contribution in [0.5, 0.6) is 0 Å². The maximum absolute atomic E-state index is 9.91. The first kappa shape index (κ1) is 16.2. The van der Waals surface area contributed by atoms with Crippen LogP contribution in [0.4, 0.5) is 0 Å². The summed E-state index contributed by atoms with van der Waals surface area (Å²) in [5.41, 5.74) is 2.23. The fourth-order valence-corrected chi connectivity index (χ4v) is 2.20. The largest absolute Gasteiger partial charge is 0.389 e. The lowest BCUT2D eigenvalue weighted by Crippen LogP contribution is -2.38. The van der Waals surface area contributed by atoms with Crippen molar-refractivity contribution in [2.45, 2.75) is 59.1 Å². The number of benzene rings is 1. The van der Waals surface area contributed by atoms with Crippen molar-refractivity contribution in [2.24, 2.45) is 0 Å². The molecule has 0 bridgehead atoms. The zero-order chi connectivity index (χ0) is 14.7. The molecule has 0 radical (unpaired) electrons. The minimum absolute atomic E-state index is 0.204. The smallest absolute Gasteiger partial charge is 0.0718 e. The van der Waals surface area contributed by atoms with Gasteiger partial charge in [0.25, 0.3) is 0 Å². The molecule has 0 spiro atoms. The fourth-order valence-electron chi connectivity index (χ4n) is 2.20. The van der Waals surface area contributed by atoms with Crippen LogP contribution in [0.25, 0.3) is 0 Å². The Morgan fingerprint density at radius 3 is 1.89 bits per heavy atom. The molecule has 0 aliphatic rings.